The van der Waals surface area contributed by atoms with Crippen molar-refractivity contribution in [3.8, 4) is 5.75 Å². The molecule has 21 heavy (non-hydrogen) atoms. The largest absolute Gasteiger partial charge is 0.496 e. The quantitative estimate of drug-likeness (QED) is 0.805. The maximum absolute atomic E-state index is 5.82. The molecule has 2 rings (SSSR count). The predicted molar refractivity (Wildman–Crippen MR) is 93.6 cm³/mol. The Morgan fingerprint density at radius 1 is 1.33 bits per heavy atom. The maximum Gasteiger partial charge on any atom is 0.141 e. The zero-order valence-electron chi connectivity index (χ0n) is 12.0. The molecular formula is C15H16BrN3OS. The van der Waals surface area contributed by atoms with E-state index >= 15 is 0 Å². The molecule has 0 radical (unpaired) electrons. The molecule has 1 heterocycles. The van der Waals surface area contributed by atoms with Crippen molar-refractivity contribution in [1.82, 2.24) is 4.98 Å². The van der Waals surface area contributed by atoms with Crippen molar-refractivity contribution >= 4 is 44.6 Å². The summed E-state index contributed by atoms with van der Waals surface area (Å²) in [5.41, 5.74) is 9.37. The van der Waals surface area contributed by atoms with Gasteiger partial charge in [0.1, 0.15) is 16.6 Å². The number of hydrogen-bond donors (Lipinski definition) is 2. The molecule has 0 spiro atoms. The number of nitrogens with two attached hydrogens (primary N) is 1. The zero-order valence-corrected chi connectivity index (χ0v) is 14.4. The van der Waals surface area contributed by atoms with Gasteiger partial charge in [0.2, 0.25) is 0 Å². The number of aryl methyl sites for hydroxylation is 2. The average Bonchev–Trinajstić information content (AvgIpc) is 2.37. The number of methoxy groups -OCH3 is 1. The van der Waals surface area contributed by atoms with E-state index in [9.17, 15) is 0 Å². The minimum atomic E-state index is 0.329. The zero-order chi connectivity index (χ0) is 15.6. The fourth-order valence-electron chi connectivity index (χ4n) is 2.12. The standard InChI is InChI=1S/C15H16BrN3OS/c1-8-6-9(2)18-15(13(8)14(17)21)19-10-4-5-12(20-3)11(16)7-10/h4-7H,1-3H3,(H2,17,21)(H,18,19). The second-order valence-electron chi connectivity index (χ2n) is 4.64. The number of rotatable bonds is 4. The molecule has 6 heteroatoms. The summed E-state index contributed by atoms with van der Waals surface area (Å²) in [6.07, 6.45) is 0. The van der Waals surface area contributed by atoms with Gasteiger partial charge in [-0.25, -0.2) is 4.98 Å². The Hall–Kier alpha value is -1.66. The summed E-state index contributed by atoms with van der Waals surface area (Å²) in [6, 6.07) is 7.66. The SMILES string of the molecule is COc1ccc(Nc2nc(C)cc(C)c2C(N)=S)cc1Br. The van der Waals surface area contributed by atoms with E-state index in [1.807, 2.05) is 38.1 Å². The number of thiocarbonyl (C=S) groups is 1. The van der Waals surface area contributed by atoms with Crippen molar-refractivity contribution in [2.75, 3.05) is 12.4 Å². The molecule has 0 bridgehead atoms. The Labute approximate surface area is 137 Å². The summed E-state index contributed by atoms with van der Waals surface area (Å²) in [5.74, 6) is 1.43. The first-order valence-corrected chi connectivity index (χ1v) is 7.51. The Morgan fingerprint density at radius 3 is 2.62 bits per heavy atom. The number of anilines is 2. The number of nitrogens with one attached hydrogen (secondary N) is 1. The molecule has 0 saturated heterocycles. The molecule has 2 aromatic rings. The van der Waals surface area contributed by atoms with Gasteiger partial charge in [-0.3, -0.25) is 0 Å². The molecule has 3 N–H and O–H groups in total. The van der Waals surface area contributed by atoms with Gasteiger partial charge in [-0.05, 0) is 59.6 Å². The summed E-state index contributed by atoms with van der Waals surface area (Å²) >= 11 is 8.59. The fraction of sp³-hybridized carbons (Fsp3) is 0.200. The van der Waals surface area contributed by atoms with Crippen molar-refractivity contribution in [1.29, 1.82) is 0 Å². The van der Waals surface area contributed by atoms with Crippen LogP contribution in [-0.4, -0.2) is 17.1 Å². The number of aromatic nitrogens is 1. The van der Waals surface area contributed by atoms with Crippen LogP contribution in [-0.2, 0) is 0 Å². The highest BCUT2D eigenvalue weighted by Crippen LogP contribution is 2.30. The summed E-state index contributed by atoms with van der Waals surface area (Å²) in [4.78, 5) is 4.83. The van der Waals surface area contributed by atoms with Crippen LogP contribution >= 0.6 is 28.1 Å². The molecule has 0 aliphatic rings. The first-order chi connectivity index (χ1) is 9.92. The fourth-order valence-corrected chi connectivity index (χ4v) is 2.92. The van der Waals surface area contributed by atoms with Crippen LogP contribution in [0, 0.1) is 13.8 Å². The molecule has 4 nitrogen and oxygen atoms in total. The molecule has 0 saturated carbocycles. The second-order valence-corrected chi connectivity index (χ2v) is 5.94. The molecule has 0 unspecified atom stereocenters. The number of pyridine rings is 1. The van der Waals surface area contributed by atoms with Gasteiger partial charge in [-0.1, -0.05) is 12.2 Å². The van der Waals surface area contributed by atoms with Gasteiger partial charge < -0.3 is 15.8 Å². The smallest absolute Gasteiger partial charge is 0.141 e. The van der Waals surface area contributed by atoms with E-state index < -0.39 is 0 Å². The van der Waals surface area contributed by atoms with Crippen LogP contribution in [0.4, 0.5) is 11.5 Å². The van der Waals surface area contributed by atoms with Crippen molar-refractivity contribution in [3.05, 3.63) is 45.6 Å². The first kappa shape index (κ1) is 15.7. The van der Waals surface area contributed by atoms with Crippen LogP contribution < -0.4 is 15.8 Å². The van der Waals surface area contributed by atoms with E-state index in [-0.39, 0.29) is 0 Å². The first-order valence-electron chi connectivity index (χ1n) is 6.31. The normalized spacial score (nSPS) is 10.3. The van der Waals surface area contributed by atoms with Crippen molar-refractivity contribution in [2.24, 2.45) is 5.73 Å². The lowest BCUT2D eigenvalue weighted by molar-refractivity contribution is 0.412. The minimum Gasteiger partial charge on any atom is -0.496 e. The molecule has 0 amide bonds. The van der Waals surface area contributed by atoms with E-state index in [2.05, 4.69) is 26.2 Å². The van der Waals surface area contributed by atoms with Gasteiger partial charge >= 0.3 is 0 Å². The molecule has 110 valence electrons. The van der Waals surface area contributed by atoms with Gasteiger partial charge in [0, 0.05) is 11.4 Å². The summed E-state index contributed by atoms with van der Waals surface area (Å²) < 4.78 is 6.08. The molecule has 0 aliphatic carbocycles. The van der Waals surface area contributed by atoms with Crippen molar-refractivity contribution in [2.45, 2.75) is 13.8 Å². The minimum absolute atomic E-state index is 0.329. The van der Waals surface area contributed by atoms with Crippen LogP contribution in [0.3, 0.4) is 0 Å². The van der Waals surface area contributed by atoms with Gasteiger partial charge in [0.15, 0.2) is 0 Å². The summed E-state index contributed by atoms with van der Waals surface area (Å²) in [7, 11) is 1.63. The topological polar surface area (TPSA) is 60.2 Å². The summed E-state index contributed by atoms with van der Waals surface area (Å²) in [6.45, 7) is 3.91. The monoisotopic (exact) mass is 365 g/mol. The van der Waals surface area contributed by atoms with Gasteiger partial charge in [0.25, 0.3) is 0 Å². The Kier molecular flexibility index (Phi) is 4.80. The number of benzene rings is 1. The highest BCUT2D eigenvalue weighted by atomic mass is 79.9. The van der Waals surface area contributed by atoms with Gasteiger partial charge in [-0.15, -0.1) is 0 Å². The van der Waals surface area contributed by atoms with E-state index in [1.54, 1.807) is 7.11 Å². The van der Waals surface area contributed by atoms with Crippen LogP contribution in [0.1, 0.15) is 16.8 Å². The second kappa shape index (κ2) is 6.41. The number of ether oxygens (including phenoxy) is 1. The lowest BCUT2D eigenvalue weighted by atomic mass is 10.1. The van der Waals surface area contributed by atoms with Crippen LogP contribution in [0.25, 0.3) is 0 Å². The predicted octanol–water partition coefficient (Wildman–Crippen LogP) is 3.85. The number of hydrogen-bond acceptors (Lipinski definition) is 4. The molecular weight excluding hydrogens is 350 g/mol. The van der Waals surface area contributed by atoms with E-state index in [4.69, 9.17) is 22.7 Å². The Bertz CT molecular complexity index is 704. The lowest BCUT2D eigenvalue weighted by Gasteiger charge is -2.14. The number of halogens is 1. The molecule has 1 aromatic heterocycles. The summed E-state index contributed by atoms with van der Waals surface area (Å²) in [5, 5.41) is 3.26. The molecule has 1 aromatic carbocycles. The van der Waals surface area contributed by atoms with Crippen molar-refractivity contribution < 1.29 is 4.74 Å². The lowest BCUT2D eigenvalue weighted by Crippen LogP contribution is -2.15. The van der Waals surface area contributed by atoms with E-state index in [0.29, 0.717) is 10.8 Å². The van der Waals surface area contributed by atoms with Crippen molar-refractivity contribution in [3.63, 3.8) is 0 Å². The van der Waals surface area contributed by atoms with Crippen LogP contribution in [0.2, 0.25) is 0 Å². The molecule has 0 fully saturated rings. The highest BCUT2D eigenvalue weighted by Gasteiger charge is 2.12. The third-order valence-electron chi connectivity index (χ3n) is 3.01. The van der Waals surface area contributed by atoms with Crippen LogP contribution in [0.5, 0.6) is 5.75 Å². The van der Waals surface area contributed by atoms with E-state index in [1.165, 1.54) is 0 Å². The van der Waals surface area contributed by atoms with Gasteiger partial charge in [-0.2, -0.15) is 0 Å². The Balaban J connectivity index is 2.44. The van der Waals surface area contributed by atoms with E-state index in [0.717, 1.165) is 32.7 Å². The van der Waals surface area contributed by atoms with Gasteiger partial charge in [0.05, 0.1) is 17.1 Å². The number of nitrogens with zero attached hydrogens (tertiary/aromatic N) is 1. The highest BCUT2D eigenvalue weighted by molar-refractivity contribution is 9.10. The molecule has 0 aliphatic heterocycles. The average molecular weight is 366 g/mol. The Morgan fingerprint density at radius 2 is 2.05 bits per heavy atom. The third-order valence-corrected chi connectivity index (χ3v) is 3.83. The maximum atomic E-state index is 5.82. The third kappa shape index (κ3) is 3.51. The van der Waals surface area contributed by atoms with Crippen LogP contribution in [0.15, 0.2) is 28.7 Å². The molecule has 0 atom stereocenters.